The molecule has 176 valence electrons. The molecule has 3 heterocycles. The third kappa shape index (κ3) is 5.73. The van der Waals surface area contributed by atoms with Gasteiger partial charge < -0.3 is 9.88 Å². The Hall–Kier alpha value is -3.20. The van der Waals surface area contributed by atoms with Gasteiger partial charge in [0.05, 0.1) is 11.1 Å². The maximum absolute atomic E-state index is 13.2. The molecule has 0 radical (unpaired) electrons. The van der Waals surface area contributed by atoms with Gasteiger partial charge in [0, 0.05) is 28.9 Å². The summed E-state index contributed by atoms with van der Waals surface area (Å²) >= 11 is 4.33. The number of hydrogen-bond acceptors (Lipinski definition) is 6. The van der Waals surface area contributed by atoms with E-state index in [1.54, 1.807) is 11.3 Å². The third-order valence-corrected chi connectivity index (χ3v) is 8.26. The van der Waals surface area contributed by atoms with E-state index >= 15 is 0 Å². The molecule has 35 heavy (non-hydrogen) atoms. The van der Waals surface area contributed by atoms with Gasteiger partial charge in [0.25, 0.3) is 5.56 Å². The number of carbonyl (C=O) groups is 1. The monoisotopic (exact) mass is 517 g/mol. The SMILES string of the molecule is O=C(CSc1nc2scc(-c3cccs3)c2c(=O)[nH]1)N(CCc1ccccc1)Cc1ccccc1. The zero-order valence-electron chi connectivity index (χ0n) is 18.8. The second-order valence-corrected chi connectivity index (χ2v) is 10.8. The van der Waals surface area contributed by atoms with Crippen LogP contribution in [0.5, 0.6) is 0 Å². The van der Waals surface area contributed by atoms with Crippen LogP contribution in [-0.4, -0.2) is 33.1 Å². The fourth-order valence-electron chi connectivity index (χ4n) is 3.84. The van der Waals surface area contributed by atoms with Gasteiger partial charge in [-0.15, -0.1) is 22.7 Å². The largest absolute Gasteiger partial charge is 0.337 e. The molecular formula is C27H23N3O2S3. The number of carbonyl (C=O) groups excluding carboxylic acids is 1. The van der Waals surface area contributed by atoms with Crippen LogP contribution in [-0.2, 0) is 17.8 Å². The van der Waals surface area contributed by atoms with E-state index in [1.807, 2.05) is 76.3 Å². The van der Waals surface area contributed by atoms with E-state index in [4.69, 9.17) is 0 Å². The first-order valence-corrected chi connectivity index (χ1v) is 14.0. The molecule has 0 saturated heterocycles. The van der Waals surface area contributed by atoms with E-state index in [1.165, 1.54) is 28.7 Å². The molecule has 5 aromatic rings. The van der Waals surface area contributed by atoms with Gasteiger partial charge in [0.2, 0.25) is 5.91 Å². The molecule has 2 aromatic carbocycles. The van der Waals surface area contributed by atoms with E-state index in [0.717, 1.165) is 22.4 Å². The molecule has 5 nitrogen and oxygen atoms in total. The molecule has 0 unspecified atom stereocenters. The van der Waals surface area contributed by atoms with Gasteiger partial charge in [-0.25, -0.2) is 4.98 Å². The number of benzene rings is 2. The van der Waals surface area contributed by atoms with E-state index in [2.05, 4.69) is 22.1 Å². The van der Waals surface area contributed by atoms with Crippen LogP contribution >= 0.6 is 34.4 Å². The van der Waals surface area contributed by atoms with E-state index in [-0.39, 0.29) is 17.2 Å². The van der Waals surface area contributed by atoms with Gasteiger partial charge in [0.15, 0.2) is 5.16 Å². The summed E-state index contributed by atoms with van der Waals surface area (Å²) in [5.74, 6) is 0.224. The maximum atomic E-state index is 13.2. The molecule has 3 aromatic heterocycles. The van der Waals surface area contributed by atoms with Crippen LogP contribution in [0.4, 0.5) is 0 Å². The molecule has 0 fully saturated rings. The van der Waals surface area contributed by atoms with Gasteiger partial charge in [-0.05, 0) is 29.0 Å². The summed E-state index contributed by atoms with van der Waals surface area (Å²) in [5, 5.41) is 5.05. The van der Waals surface area contributed by atoms with Crippen molar-refractivity contribution in [3.05, 3.63) is 105 Å². The van der Waals surface area contributed by atoms with E-state index < -0.39 is 0 Å². The zero-order valence-corrected chi connectivity index (χ0v) is 21.3. The number of thiophene rings is 2. The average molecular weight is 518 g/mol. The van der Waals surface area contributed by atoms with E-state index in [9.17, 15) is 9.59 Å². The average Bonchev–Trinajstić information content (AvgIpc) is 3.57. The summed E-state index contributed by atoms with van der Waals surface area (Å²) in [6.07, 6.45) is 0.784. The topological polar surface area (TPSA) is 66.1 Å². The highest BCUT2D eigenvalue weighted by Gasteiger charge is 2.17. The number of rotatable bonds is 9. The second kappa shape index (κ2) is 11.0. The second-order valence-electron chi connectivity index (χ2n) is 8.00. The molecule has 5 rings (SSSR count). The first kappa shape index (κ1) is 23.5. The number of aromatic amines is 1. The minimum Gasteiger partial charge on any atom is -0.337 e. The van der Waals surface area contributed by atoms with Crippen LogP contribution in [0.15, 0.2) is 93.5 Å². The van der Waals surface area contributed by atoms with E-state index in [0.29, 0.717) is 28.5 Å². The van der Waals surface area contributed by atoms with Crippen molar-refractivity contribution in [2.45, 2.75) is 18.1 Å². The molecule has 0 bridgehead atoms. The summed E-state index contributed by atoms with van der Waals surface area (Å²) in [7, 11) is 0. The number of hydrogen-bond donors (Lipinski definition) is 1. The van der Waals surface area contributed by atoms with Crippen molar-refractivity contribution in [2.75, 3.05) is 12.3 Å². The number of thioether (sulfide) groups is 1. The lowest BCUT2D eigenvalue weighted by Crippen LogP contribution is -2.34. The van der Waals surface area contributed by atoms with Gasteiger partial charge in [0.1, 0.15) is 4.83 Å². The van der Waals surface area contributed by atoms with Crippen LogP contribution in [0.1, 0.15) is 11.1 Å². The highest BCUT2D eigenvalue weighted by atomic mass is 32.2. The Morgan fingerprint density at radius 1 is 0.943 bits per heavy atom. The normalized spacial score (nSPS) is 11.1. The summed E-state index contributed by atoms with van der Waals surface area (Å²) in [4.78, 5) is 37.2. The molecule has 8 heteroatoms. The molecule has 0 atom stereocenters. The molecule has 0 aliphatic rings. The lowest BCUT2D eigenvalue weighted by Gasteiger charge is -2.23. The van der Waals surface area contributed by atoms with Crippen LogP contribution in [0.2, 0.25) is 0 Å². The fraction of sp³-hybridized carbons (Fsp3) is 0.148. The van der Waals surface area contributed by atoms with Crippen molar-refractivity contribution >= 4 is 50.6 Å². The molecule has 0 spiro atoms. The molecule has 0 aliphatic heterocycles. The number of fused-ring (bicyclic) bond motifs is 1. The number of nitrogens with one attached hydrogen (secondary N) is 1. The molecular weight excluding hydrogens is 495 g/mol. The van der Waals surface area contributed by atoms with Crippen LogP contribution in [0.3, 0.4) is 0 Å². The maximum Gasteiger partial charge on any atom is 0.260 e. The molecule has 1 N–H and O–H groups in total. The predicted molar refractivity (Wildman–Crippen MR) is 146 cm³/mol. The third-order valence-electron chi connectivity index (χ3n) is 5.62. The van der Waals surface area contributed by atoms with Crippen molar-refractivity contribution in [3.8, 4) is 10.4 Å². The number of H-pyrrole nitrogens is 1. The van der Waals surface area contributed by atoms with Crippen molar-refractivity contribution in [1.82, 2.24) is 14.9 Å². The Kier molecular flexibility index (Phi) is 7.42. The Morgan fingerprint density at radius 3 is 2.40 bits per heavy atom. The van der Waals surface area contributed by atoms with Gasteiger partial charge in [-0.1, -0.05) is 78.5 Å². The van der Waals surface area contributed by atoms with Crippen molar-refractivity contribution < 1.29 is 4.79 Å². The van der Waals surface area contributed by atoms with Gasteiger partial charge in [-0.3, -0.25) is 9.59 Å². The first-order valence-electron chi connectivity index (χ1n) is 11.2. The first-order chi connectivity index (χ1) is 17.2. The van der Waals surface area contributed by atoms with Crippen molar-refractivity contribution in [2.24, 2.45) is 0 Å². The lowest BCUT2D eigenvalue weighted by atomic mass is 10.1. The molecule has 0 aliphatic carbocycles. The van der Waals surface area contributed by atoms with Gasteiger partial charge in [-0.2, -0.15) is 0 Å². The Bertz CT molecular complexity index is 1460. The number of amides is 1. The number of aromatic nitrogens is 2. The lowest BCUT2D eigenvalue weighted by molar-refractivity contribution is -0.128. The molecule has 1 amide bonds. The smallest absolute Gasteiger partial charge is 0.260 e. The standard InChI is InChI=1S/C27H23N3O2S3/c31-23(30(16-20-10-5-2-6-11-20)14-13-19-8-3-1-4-9-19)18-35-27-28-25(32)24-21(17-34-26(24)29-27)22-12-7-15-33-22/h1-12,15,17H,13-14,16,18H2,(H,28,29,32). The fourth-order valence-corrected chi connectivity index (χ4v) is 6.42. The highest BCUT2D eigenvalue weighted by Crippen LogP contribution is 2.34. The zero-order chi connectivity index (χ0) is 24.0. The summed E-state index contributed by atoms with van der Waals surface area (Å²) in [5.41, 5.74) is 3.03. The number of nitrogens with zero attached hydrogens (tertiary/aromatic N) is 2. The Balaban J connectivity index is 1.30. The van der Waals surface area contributed by atoms with Crippen LogP contribution < -0.4 is 5.56 Å². The van der Waals surface area contributed by atoms with Crippen LogP contribution in [0, 0.1) is 0 Å². The molecule has 0 saturated carbocycles. The summed E-state index contributed by atoms with van der Waals surface area (Å²) < 4.78 is 0. The Labute approximate surface area is 215 Å². The van der Waals surface area contributed by atoms with Crippen molar-refractivity contribution in [3.63, 3.8) is 0 Å². The summed E-state index contributed by atoms with van der Waals surface area (Å²) in [6, 6.07) is 24.2. The highest BCUT2D eigenvalue weighted by molar-refractivity contribution is 7.99. The van der Waals surface area contributed by atoms with Crippen LogP contribution in [0.25, 0.3) is 20.7 Å². The minimum atomic E-state index is -0.167. The Morgan fingerprint density at radius 2 is 1.69 bits per heavy atom. The van der Waals surface area contributed by atoms with Gasteiger partial charge >= 0.3 is 0 Å². The van der Waals surface area contributed by atoms with Crippen molar-refractivity contribution in [1.29, 1.82) is 0 Å². The predicted octanol–water partition coefficient (Wildman–Crippen LogP) is 6.08. The summed E-state index contributed by atoms with van der Waals surface area (Å²) in [6.45, 7) is 1.17. The quantitative estimate of drug-likeness (QED) is 0.190. The minimum absolute atomic E-state index is 0.0167.